The van der Waals surface area contributed by atoms with Gasteiger partial charge >= 0.3 is 0 Å². The SMILES string of the molecule is Cc1cc(C)c(CN[C@@H](C)[C@H](O)c2ccccc2)c(C)c1. The first-order valence-corrected chi connectivity index (χ1v) is 7.52. The molecule has 0 aliphatic heterocycles. The van der Waals surface area contributed by atoms with Gasteiger partial charge in [-0.05, 0) is 49.9 Å². The van der Waals surface area contributed by atoms with Gasteiger partial charge in [-0.2, -0.15) is 0 Å². The van der Waals surface area contributed by atoms with Gasteiger partial charge in [-0.25, -0.2) is 0 Å². The maximum Gasteiger partial charge on any atom is 0.0940 e. The Morgan fingerprint density at radius 2 is 1.57 bits per heavy atom. The Morgan fingerprint density at radius 3 is 2.14 bits per heavy atom. The molecule has 0 aliphatic rings. The Labute approximate surface area is 127 Å². The molecule has 0 aromatic heterocycles. The molecule has 2 nitrogen and oxygen atoms in total. The summed E-state index contributed by atoms with van der Waals surface area (Å²) < 4.78 is 0. The van der Waals surface area contributed by atoms with Crippen molar-refractivity contribution in [2.24, 2.45) is 0 Å². The molecule has 0 unspecified atom stereocenters. The Balaban J connectivity index is 2.03. The fourth-order valence-corrected chi connectivity index (χ4v) is 2.80. The Kier molecular flexibility index (Phi) is 5.16. The molecule has 21 heavy (non-hydrogen) atoms. The predicted molar refractivity (Wildman–Crippen MR) is 88.4 cm³/mol. The first kappa shape index (κ1) is 15.7. The van der Waals surface area contributed by atoms with Gasteiger partial charge < -0.3 is 10.4 Å². The van der Waals surface area contributed by atoms with E-state index < -0.39 is 6.10 Å². The van der Waals surface area contributed by atoms with Crippen LogP contribution in [0.15, 0.2) is 42.5 Å². The van der Waals surface area contributed by atoms with E-state index in [0.29, 0.717) is 0 Å². The van der Waals surface area contributed by atoms with E-state index in [4.69, 9.17) is 0 Å². The minimum absolute atomic E-state index is 0.00695. The van der Waals surface area contributed by atoms with Gasteiger partial charge in [0.2, 0.25) is 0 Å². The average Bonchev–Trinajstić information content (AvgIpc) is 2.46. The largest absolute Gasteiger partial charge is 0.387 e. The molecule has 0 fully saturated rings. The van der Waals surface area contributed by atoms with E-state index in [1.807, 2.05) is 37.3 Å². The third-order valence-corrected chi connectivity index (χ3v) is 4.06. The summed E-state index contributed by atoms with van der Waals surface area (Å²) >= 11 is 0. The quantitative estimate of drug-likeness (QED) is 0.874. The highest BCUT2D eigenvalue weighted by Gasteiger charge is 2.16. The zero-order valence-corrected chi connectivity index (χ0v) is 13.4. The minimum Gasteiger partial charge on any atom is -0.387 e. The van der Waals surface area contributed by atoms with Crippen molar-refractivity contribution < 1.29 is 5.11 Å². The Bertz CT molecular complexity index is 569. The lowest BCUT2D eigenvalue weighted by Gasteiger charge is -2.22. The molecule has 0 radical (unpaired) electrons. The number of aliphatic hydroxyl groups excluding tert-OH is 1. The van der Waals surface area contributed by atoms with Crippen LogP contribution >= 0.6 is 0 Å². The van der Waals surface area contributed by atoms with Crippen molar-refractivity contribution in [2.45, 2.75) is 46.4 Å². The highest BCUT2D eigenvalue weighted by molar-refractivity contribution is 5.37. The van der Waals surface area contributed by atoms with Gasteiger partial charge in [0.05, 0.1) is 6.10 Å². The molecule has 2 rings (SSSR count). The molecule has 2 N–H and O–H groups in total. The molecule has 0 saturated heterocycles. The van der Waals surface area contributed by atoms with Crippen LogP contribution in [0.4, 0.5) is 0 Å². The Morgan fingerprint density at radius 1 is 1.00 bits per heavy atom. The van der Waals surface area contributed by atoms with Crippen LogP contribution in [-0.2, 0) is 6.54 Å². The summed E-state index contributed by atoms with van der Waals surface area (Å²) in [7, 11) is 0. The van der Waals surface area contributed by atoms with Crippen LogP contribution in [0.5, 0.6) is 0 Å². The number of aliphatic hydroxyl groups is 1. The fraction of sp³-hybridized carbons (Fsp3) is 0.368. The van der Waals surface area contributed by atoms with Crippen LogP contribution in [0.1, 0.15) is 40.8 Å². The van der Waals surface area contributed by atoms with E-state index in [0.717, 1.165) is 12.1 Å². The van der Waals surface area contributed by atoms with E-state index in [-0.39, 0.29) is 6.04 Å². The third-order valence-electron chi connectivity index (χ3n) is 4.06. The summed E-state index contributed by atoms with van der Waals surface area (Å²) in [6.45, 7) is 9.23. The van der Waals surface area contributed by atoms with E-state index in [1.54, 1.807) is 0 Å². The van der Waals surface area contributed by atoms with Gasteiger partial charge in [-0.3, -0.25) is 0 Å². The second-order valence-corrected chi connectivity index (χ2v) is 5.90. The van der Waals surface area contributed by atoms with Crippen LogP contribution in [0.3, 0.4) is 0 Å². The normalized spacial score (nSPS) is 14.0. The number of rotatable bonds is 5. The molecule has 2 aromatic carbocycles. The van der Waals surface area contributed by atoms with Crippen molar-refractivity contribution in [1.29, 1.82) is 0 Å². The summed E-state index contributed by atoms with van der Waals surface area (Å²) in [5, 5.41) is 13.8. The lowest BCUT2D eigenvalue weighted by atomic mass is 9.98. The highest BCUT2D eigenvalue weighted by atomic mass is 16.3. The van der Waals surface area contributed by atoms with Gasteiger partial charge in [0.25, 0.3) is 0 Å². The minimum atomic E-state index is -0.489. The summed E-state index contributed by atoms with van der Waals surface area (Å²) in [6, 6.07) is 14.2. The monoisotopic (exact) mass is 283 g/mol. The summed E-state index contributed by atoms with van der Waals surface area (Å²) in [5.74, 6) is 0. The molecule has 0 amide bonds. The van der Waals surface area contributed by atoms with Crippen LogP contribution in [-0.4, -0.2) is 11.1 Å². The lowest BCUT2D eigenvalue weighted by molar-refractivity contribution is 0.135. The van der Waals surface area contributed by atoms with Crippen molar-refractivity contribution in [3.8, 4) is 0 Å². The van der Waals surface area contributed by atoms with Crippen molar-refractivity contribution in [3.05, 3.63) is 70.3 Å². The maximum atomic E-state index is 10.4. The lowest BCUT2D eigenvalue weighted by Crippen LogP contribution is -2.32. The first-order chi connectivity index (χ1) is 9.99. The Hall–Kier alpha value is -1.64. The number of hydrogen-bond acceptors (Lipinski definition) is 2. The summed E-state index contributed by atoms with van der Waals surface area (Å²) in [5.41, 5.74) is 6.19. The molecule has 0 spiro atoms. The van der Waals surface area contributed by atoms with Crippen molar-refractivity contribution >= 4 is 0 Å². The van der Waals surface area contributed by atoms with Crippen molar-refractivity contribution in [2.75, 3.05) is 0 Å². The average molecular weight is 283 g/mol. The molecule has 0 aliphatic carbocycles. The molecular weight excluding hydrogens is 258 g/mol. The van der Waals surface area contributed by atoms with Crippen LogP contribution in [0.25, 0.3) is 0 Å². The van der Waals surface area contributed by atoms with Gasteiger partial charge in [0, 0.05) is 12.6 Å². The topological polar surface area (TPSA) is 32.3 Å². The zero-order chi connectivity index (χ0) is 15.4. The number of nitrogens with one attached hydrogen (secondary N) is 1. The molecule has 0 heterocycles. The smallest absolute Gasteiger partial charge is 0.0940 e. The van der Waals surface area contributed by atoms with Gasteiger partial charge in [0.15, 0.2) is 0 Å². The molecule has 2 heteroatoms. The van der Waals surface area contributed by atoms with Crippen LogP contribution < -0.4 is 5.32 Å². The first-order valence-electron chi connectivity index (χ1n) is 7.52. The number of hydrogen-bond donors (Lipinski definition) is 2. The zero-order valence-electron chi connectivity index (χ0n) is 13.4. The number of benzene rings is 2. The van der Waals surface area contributed by atoms with E-state index >= 15 is 0 Å². The van der Waals surface area contributed by atoms with Gasteiger partial charge in [0.1, 0.15) is 0 Å². The molecule has 0 saturated carbocycles. The van der Waals surface area contributed by atoms with Crippen LogP contribution in [0, 0.1) is 20.8 Å². The predicted octanol–water partition coefficient (Wildman–Crippen LogP) is 3.82. The highest BCUT2D eigenvalue weighted by Crippen LogP contribution is 2.19. The number of aryl methyl sites for hydroxylation is 3. The maximum absolute atomic E-state index is 10.4. The molecule has 2 aromatic rings. The molecular formula is C19H25NO. The van der Waals surface area contributed by atoms with E-state index in [2.05, 4.69) is 38.2 Å². The van der Waals surface area contributed by atoms with Crippen molar-refractivity contribution in [1.82, 2.24) is 5.32 Å². The molecule has 0 bridgehead atoms. The summed E-state index contributed by atoms with van der Waals surface area (Å²) in [6.07, 6.45) is -0.489. The van der Waals surface area contributed by atoms with Gasteiger partial charge in [-0.1, -0.05) is 48.0 Å². The fourth-order valence-electron chi connectivity index (χ4n) is 2.80. The van der Waals surface area contributed by atoms with Crippen LogP contribution in [0.2, 0.25) is 0 Å². The summed E-state index contributed by atoms with van der Waals surface area (Å²) in [4.78, 5) is 0. The van der Waals surface area contributed by atoms with E-state index in [9.17, 15) is 5.11 Å². The standard InChI is InChI=1S/C19H25NO/c1-13-10-14(2)18(15(3)11-13)12-20-16(4)19(21)17-8-6-5-7-9-17/h5-11,16,19-21H,12H2,1-4H3/t16-,19-/m0/s1. The third kappa shape index (κ3) is 3.93. The second kappa shape index (κ2) is 6.88. The van der Waals surface area contributed by atoms with Gasteiger partial charge in [-0.15, -0.1) is 0 Å². The molecule has 2 atom stereocenters. The molecule has 112 valence electrons. The van der Waals surface area contributed by atoms with E-state index in [1.165, 1.54) is 22.3 Å². The second-order valence-electron chi connectivity index (χ2n) is 5.90. The van der Waals surface area contributed by atoms with Crippen molar-refractivity contribution in [3.63, 3.8) is 0 Å².